The van der Waals surface area contributed by atoms with Gasteiger partial charge in [0.15, 0.2) is 0 Å². The number of aromatic nitrogens is 2. The molecule has 0 bridgehead atoms. The normalized spacial score (nSPS) is 10.3. The van der Waals surface area contributed by atoms with Gasteiger partial charge >= 0.3 is 5.69 Å². The van der Waals surface area contributed by atoms with Crippen LogP contribution in [0.15, 0.2) is 39.7 Å². The van der Waals surface area contributed by atoms with E-state index in [2.05, 4.69) is 31.2 Å². The summed E-state index contributed by atoms with van der Waals surface area (Å²) in [4.78, 5) is 17.8. The molecule has 0 atom stereocenters. The van der Waals surface area contributed by atoms with Crippen LogP contribution in [0.1, 0.15) is 0 Å². The van der Waals surface area contributed by atoms with Crippen molar-refractivity contribution >= 4 is 21.6 Å². The van der Waals surface area contributed by atoms with E-state index in [9.17, 15) is 4.79 Å². The third-order valence-corrected chi connectivity index (χ3v) is 3.11. The van der Waals surface area contributed by atoms with Gasteiger partial charge in [0.25, 0.3) is 0 Å². The lowest BCUT2D eigenvalue weighted by Gasteiger charge is -2.11. The van der Waals surface area contributed by atoms with Crippen LogP contribution in [-0.4, -0.2) is 23.1 Å². The SMILES string of the molecule is NCCNc1cnc(=O)[nH]c1-c1ccccc1Br. The van der Waals surface area contributed by atoms with Crippen molar-refractivity contribution in [1.29, 1.82) is 0 Å². The minimum absolute atomic E-state index is 0.376. The fraction of sp³-hybridized carbons (Fsp3) is 0.167. The standard InChI is InChI=1S/C12H13BrN4O/c13-9-4-2-1-3-8(9)11-10(15-6-5-14)7-16-12(18)17-11/h1-4,7,15H,5-6,14H2,(H,16,17,18). The summed E-state index contributed by atoms with van der Waals surface area (Å²) in [6.45, 7) is 1.12. The van der Waals surface area contributed by atoms with Crippen LogP contribution in [0.4, 0.5) is 5.69 Å². The zero-order valence-electron chi connectivity index (χ0n) is 9.61. The van der Waals surface area contributed by atoms with Gasteiger partial charge in [0.05, 0.1) is 17.6 Å². The summed E-state index contributed by atoms with van der Waals surface area (Å²) in [6.07, 6.45) is 1.52. The second-order valence-electron chi connectivity index (χ2n) is 3.67. The average Bonchev–Trinajstić information content (AvgIpc) is 2.38. The fourth-order valence-corrected chi connectivity index (χ4v) is 2.09. The molecule has 2 rings (SSSR count). The van der Waals surface area contributed by atoms with Gasteiger partial charge in [-0.25, -0.2) is 4.79 Å². The van der Waals surface area contributed by atoms with Crippen LogP contribution in [0, 0.1) is 0 Å². The molecule has 0 unspecified atom stereocenters. The first-order chi connectivity index (χ1) is 8.72. The maximum absolute atomic E-state index is 11.4. The van der Waals surface area contributed by atoms with Crippen LogP contribution in [0.2, 0.25) is 0 Å². The summed E-state index contributed by atoms with van der Waals surface area (Å²) in [5.74, 6) is 0. The second-order valence-corrected chi connectivity index (χ2v) is 4.53. The zero-order chi connectivity index (χ0) is 13.0. The number of nitrogens with zero attached hydrogens (tertiary/aromatic N) is 1. The quantitative estimate of drug-likeness (QED) is 0.800. The average molecular weight is 309 g/mol. The summed E-state index contributed by atoms with van der Waals surface area (Å²) in [7, 11) is 0. The van der Waals surface area contributed by atoms with Crippen molar-refractivity contribution in [3.05, 3.63) is 45.4 Å². The number of anilines is 1. The van der Waals surface area contributed by atoms with Gasteiger partial charge in [-0.2, -0.15) is 4.98 Å². The van der Waals surface area contributed by atoms with Crippen molar-refractivity contribution in [3.8, 4) is 11.3 Å². The monoisotopic (exact) mass is 308 g/mol. The van der Waals surface area contributed by atoms with Gasteiger partial charge in [-0.05, 0) is 6.07 Å². The van der Waals surface area contributed by atoms with Crippen LogP contribution in [0.3, 0.4) is 0 Å². The number of rotatable bonds is 4. The number of aromatic amines is 1. The van der Waals surface area contributed by atoms with Crippen molar-refractivity contribution < 1.29 is 0 Å². The van der Waals surface area contributed by atoms with Crippen molar-refractivity contribution in [2.75, 3.05) is 18.4 Å². The van der Waals surface area contributed by atoms with Crippen LogP contribution < -0.4 is 16.7 Å². The van der Waals surface area contributed by atoms with Crippen LogP contribution in [0.5, 0.6) is 0 Å². The molecular weight excluding hydrogens is 296 g/mol. The molecule has 94 valence electrons. The summed E-state index contributed by atoms with van der Waals surface area (Å²) in [6, 6.07) is 7.66. The zero-order valence-corrected chi connectivity index (χ0v) is 11.2. The molecule has 2 aromatic rings. The molecule has 18 heavy (non-hydrogen) atoms. The fourth-order valence-electron chi connectivity index (χ4n) is 1.61. The van der Waals surface area contributed by atoms with E-state index in [4.69, 9.17) is 5.73 Å². The minimum Gasteiger partial charge on any atom is -0.381 e. The second kappa shape index (κ2) is 5.79. The topological polar surface area (TPSA) is 83.8 Å². The molecule has 0 radical (unpaired) electrons. The highest BCUT2D eigenvalue weighted by Gasteiger charge is 2.09. The van der Waals surface area contributed by atoms with E-state index in [-0.39, 0.29) is 5.69 Å². The number of hydrogen-bond acceptors (Lipinski definition) is 4. The van der Waals surface area contributed by atoms with Gasteiger partial charge in [-0.15, -0.1) is 0 Å². The van der Waals surface area contributed by atoms with Gasteiger partial charge in [0.2, 0.25) is 0 Å². The van der Waals surface area contributed by atoms with E-state index < -0.39 is 0 Å². The van der Waals surface area contributed by atoms with Gasteiger partial charge in [0.1, 0.15) is 0 Å². The first-order valence-corrected chi connectivity index (χ1v) is 6.30. The first-order valence-electron chi connectivity index (χ1n) is 5.50. The minimum atomic E-state index is -0.376. The molecule has 0 spiro atoms. The Morgan fingerprint density at radius 3 is 2.89 bits per heavy atom. The summed E-state index contributed by atoms with van der Waals surface area (Å²) in [5, 5.41) is 3.14. The first kappa shape index (κ1) is 12.8. The Bertz CT molecular complexity index is 597. The maximum atomic E-state index is 11.4. The smallest absolute Gasteiger partial charge is 0.345 e. The van der Waals surface area contributed by atoms with Gasteiger partial charge in [0, 0.05) is 23.1 Å². The maximum Gasteiger partial charge on any atom is 0.345 e. The van der Waals surface area contributed by atoms with E-state index in [1.807, 2.05) is 24.3 Å². The molecule has 0 aliphatic carbocycles. The summed E-state index contributed by atoms with van der Waals surface area (Å²) < 4.78 is 0.905. The lowest BCUT2D eigenvalue weighted by Crippen LogP contribution is -2.17. The lowest BCUT2D eigenvalue weighted by atomic mass is 10.1. The Hall–Kier alpha value is -1.66. The Morgan fingerprint density at radius 2 is 2.17 bits per heavy atom. The molecule has 0 saturated carbocycles. The highest BCUT2D eigenvalue weighted by molar-refractivity contribution is 9.10. The molecule has 0 amide bonds. The van der Waals surface area contributed by atoms with Crippen molar-refractivity contribution in [3.63, 3.8) is 0 Å². The molecule has 6 heteroatoms. The van der Waals surface area contributed by atoms with E-state index in [0.29, 0.717) is 18.8 Å². The molecule has 0 aliphatic heterocycles. The van der Waals surface area contributed by atoms with E-state index in [1.54, 1.807) is 0 Å². The Morgan fingerprint density at radius 1 is 1.39 bits per heavy atom. The van der Waals surface area contributed by atoms with Crippen LogP contribution >= 0.6 is 15.9 Å². The van der Waals surface area contributed by atoms with Gasteiger partial charge in [-0.3, -0.25) is 0 Å². The molecule has 0 saturated heterocycles. The van der Waals surface area contributed by atoms with Crippen LogP contribution in [-0.2, 0) is 0 Å². The lowest BCUT2D eigenvalue weighted by molar-refractivity contribution is 1.01. The van der Waals surface area contributed by atoms with Crippen molar-refractivity contribution in [1.82, 2.24) is 9.97 Å². The van der Waals surface area contributed by atoms with E-state index in [0.717, 1.165) is 15.7 Å². The van der Waals surface area contributed by atoms with Crippen molar-refractivity contribution in [2.45, 2.75) is 0 Å². The van der Waals surface area contributed by atoms with Crippen molar-refractivity contribution in [2.24, 2.45) is 5.73 Å². The molecule has 0 fully saturated rings. The number of benzene rings is 1. The molecule has 4 N–H and O–H groups in total. The summed E-state index contributed by atoms with van der Waals surface area (Å²) >= 11 is 3.46. The number of nitrogens with two attached hydrogens (primary N) is 1. The third kappa shape index (κ3) is 2.77. The van der Waals surface area contributed by atoms with Crippen LogP contribution in [0.25, 0.3) is 11.3 Å². The molecule has 1 aromatic heterocycles. The molecule has 1 aromatic carbocycles. The summed E-state index contributed by atoms with van der Waals surface area (Å²) in [5.41, 5.74) is 7.45. The number of hydrogen-bond donors (Lipinski definition) is 3. The van der Waals surface area contributed by atoms with E-state index >= 15 is 0 Å². The molecular formula is C12H13BrN4O. The Kier molecular flexibility index (Phi) is 4.11. The largest absolute Gasteiger partial charge is 0.381 e. The highest BCUT2D eigenvalue weighted by Crippen LogP contribution is 2.30. The third-order valence-electron chi connectivity index (χ3n) is 2.42. The number of halogens is 1. The van der Waals surface area contributed by atoms with Gasteiger partial charge in [-0.1, -0.05) is 34.1 Å². The number of nitrogens with one attached hydrogen (secondary N) is 2. The van der Waals surface area contributed by atoms with Gasteiger partial charge < -0.3 is 16.0 Å². The molecule has 0 aliphatic rings. The molecule has 5 nitrogen and oxygen atoms in total. The predicted molar refractivity (Wildman–Crippen MR) is 75.5 cm³/mol. The predicted octanol–water partition coefficient (Wildman–Crippen LogP) is 1.57. The number of H-pyrrole nitrogens is 1. The highest BCUT2D eigenvalue weighted by atomic mass is 79.9. The molecule has 1 heterocycles. The van der Waals surface area contributed by atoms with E-state index in [1.165, 1.54) is 6.20 Å². The Balaban J connectivity index is 2.51. The Labute approximate surface area is 113 Å².